The van der Waals surface area contributed by atoms with Crippen LogP contribution in [-0.2, 0) is 4.79 Å². The van der Waals surface area contributed by atoms with E-state index < -0.39 is 19.0 Å². The molecular weight excluding hydrogens is 275 g/mol. The van der Waals surface area contributed by atoms with Crippen molar-refractivity contribution in [2.45, 2.75) is 25.4 Å². The first-order valence-electron chi connectivity index (χ1n) is 4.83. The highest BCUT2D eigenvalue weighted by Gasteiger charge is 2.31. The summed E-state index contributed by atoms with van der Waals surface area (Å²) in [5.41, 5.74) is 0. The van der Waals surface area contributed by atoms with Crippen LogP contribution in [0, 0.1) is 5.92 Å². The standard InChI is InChI=1S/C9H13BrF3NO/c10-5-7-2-4-14(6-7)8(15)1-3-9(11,12)13/h7H,1-6H2. The van der Waals surface area contributed by atoms with Crippen molar-refractivity contribution in [1.29, 1.82) is 0 Å². The van der Waals surface area contributed by atoms with Crippen LogP contribution in [0.25, 0.3) is 0 Å². The molecule has 1 unspecified atom stereocenters. The molecule has 0 aliphatic carbocycles. The molecule has 1 fully saturated rings. The Labute approximate surface area is 94.9 Å². The number of hydrogen-bond donors (Lipinski definition) is 0. The molecule has 1 amide bonds. The molecule has 1 aliphatic heterocycles. The normalized spacial score (nSPS) is 22.1. The van der Waals surface area contributed by atoms with Crippen molar-refractivity contribution in [2.75, 3.05) is 18.4 Å². The summed E-state index contributed by atoms with van der Waals surface area (Å²) in [4.78, 5) is 12.9. The van der Waals surface area contributed by atoms with E-state index in [0.29, 0.717) is 19.0 Å². The summed E-state index contributed by atoms with van der Waals surface area (Å²) in [6.45, 7) is 1.18. The van der Waals surface area contributed by atoms with Gasteiger partial charge in [0.15, 0.2) is 0 Å². The van der Waals surface area contributed by atoms with Crippen LogP contribution in [-0.4, -0.2) is 35.4 Å². The summed E-state index contributed by atoms with van der Waals surface area (Å²) in [5, 5.41) is 0.802. The van der Waals surface area contributed by atoms with E-state index in [1.807, 2.05) is 0 Å². The van der Waals surface area contributed by atoms with E-state index in [9.17, 15) is 18.0 Å². The number of likely N-dealkylation sites (tertiary alicyclic amines) is 1. The summed E-state index contributed by atoms with van der Waals surface area (Å²) in [6.07, 6.45) is -4.78. The highest BCUT2D eigenvalue weighted by Crippen LogP contribution is 2.24. The molecule has 0 aromatic carbocycles. The molecule has 0 aromatic rings. The Morgan fingerprint density at radius 3 is 2.60 bits per heavy atom. The van der Waals surface area contributed by atoms with Gasteiger partial charge in [0.2, 0.25) is 5.91 Å². The van der Waals surface area contributed by atoms with E-state index >= 15 is 0 Å². The van der Waals surface area contributed by atoms with E-state index in [1.165, 1.54) is 4.90 Å². The van der Waals surface area contributed by atoms with Gasteiger partial charge < -0.3 is 4.90 Å². The Morgan fingerprint density at radius 2 is 2.13 bits per heavy atom. The third kappa shape index (κ3) is 4.40. The molecule has 1 rings (SSSR count). The molecule has 88 valence electrons. The molecule has 1 saturated heterocycles. The van der Waals surface area contributed by atoms with Crippen LogP contribution in [0.15, 0.2) is 0 Å². The third-order valence-corrected chi connectivity index (χ3v) is 3.39. The molecule has 6 heteroatoms. The third-order valence-electron chi connectivity index (χ3n) is 2.48. The van der Waals surface area contributed by atoms with Gasteiger partial charge in [-0.25, -0.2) is 0 Å². The second-order valence-electron chi connectivity index (χ2n) is 3.76. The van der Waals surface area contributed by atoms with Gasteiger partial charge in [0.1, 0.15) is 0 Å². The smallest absolute Gasteiger partial charge is 0.342 e. The molecule has 2 nitrogen and oxygen atoms in total. The average Bonchev–Trinajstić information content (AvgIpc) is 2.61. The molecule has 1 aliphatic rings. The molecule has 0 saturated carbocycles. The Morgan fingerprint density at radius 1 is 1.47 bits per heavy atom. The van der Waals surface area contributed by atoms with Crippen LogP contribution in [0.2, 0.25) is 0 Å². The zero-order valence-corrected chi connectivity index (χ0v) is 9.77. The summed E-state index contributed by atoms with van der Waals surface area (Å²) in [6, 6.07) is 0. The molecule has 0 N–H and O–H groups in total. The fraction of sp³-hybridized carbons (Fsp3) is 0.889. The molecule has 0 spiro atoms. The maximum Gasteiger partial charge on any atom is 0.389 e. The van der Waals surface area contributed by atoms with Crippen LogP contribution in [0.4, 0.5) is 13.2 Å². The predicted octanol–water partition coefficient (Wildman–Crippen LogP) is 2.57. The zero-order valence-electron chi connectivity index (χ0n) is 8.19. The lowest BCUT2D eigenvalue weighted by molar-refractivity contribution is -0.148. The highest BCUT2D eigenvalue weighted by atomic mass is 79.9. The minimum absolute atomic E-state index is 0.379. The van der Waals surface area contributed by atoms with E-state index in [1.54, 1.807) is 0 Å². The molecule has 0 bridgehead atoms. The lowest BCUT2D eigenvalue weighted by Gasteiger charge is -2.16. The van der Waals surface area contributed by atoms with Gasteiger partial charge in [0.05, 0.1) is 6.42 Å². The van der Waals surface area contributed by atoms with Crippen LogP contribution >= 0.6 is 15.9 Å². The number of alkyl halides is 4. The molecule has 1 heterocycles. The van der Waals surface area contributed by atoms with E-state index in [0.717, 1.165) is 11.8 Å². The van der Waals surface area contributed by atoms with Crippen LogP contribution in [0.1, 0.15) is 19.3 Å². The molecule has 0 aromatic heterocycles. The number of halogens is 4. The first-order chi connectivity index (χ1) is 6.92. The summed E-state index contributed by atoms with van der Waals surface area (Å²) >= 11 is 3.31. The summed E-state index contributed by atoms with van der Waals surface area (Å²) in [5.74, 6) is 0.00983. The number of carbonyl (C=O) groups excluding carboxylic acids is 1. The topological polar surface area (TPSA) is 20.3 Å². The summed E-state index contributed by atoms with van der Waals surface area (Å²) < 4.78 is 35.6. The Kier molecular flexibility index (Phi) is 4.43. The van der Waals surface area contributed by atoms with Gasteiger partial charge >= 0.3 is 6.18 Å². The second-order valence-corrected chi connectivity index (χ2v) is 4.41. The van der Waals surface area contributed by atoms with E-state index in [-0.39, 0.29) is 5.91 Å². The minimum Gasteiger partial charge on any atom is -0.342 e. The van der Waals surface area contributed by atoms with Gasteiger partial charge in [-0.3, -0.25) is 4.79 Å². The fourth-order valence-corrected chi connectivity index (χ4v) is 2.12. The lowest BCUT2D eigenvalue weighted by atomic mass is 10.2. The number of amides is 1. The van der Waals surface area contributed by atoms with Crippen LogP contribution in [0.5, 0.6) is 0 Å². The number of hydrogen-bond acceptors (Lipinski definition) is 1. The van der Waals surface area contributed by atoms with E-state index in [2.05, 4.69) is 15.9 Å². The van der Waals surface area contributed by atoms with Crippen molar-refractivity contribution in [3.63, 3.8) is 0 Å². The van der Waals surface area contributed by atoms with Crippen molar-refractivity contribution < 1.29 is 18.0 Å². The van der Waals surface area contributed by atoms with Gasteiger partial charge in [0.25, 0.3) is 0 Å². The summed E-state index contributed by atoms with van der Waals surface area (Å²) in [7, 11) is 0. The first kappa shape index (κ1) is 12.8. The Balaban J connectivity index is 2.30. The minimum atomic E-state index is -4.23. The van der Waals surface area contributed by atoms with Gasteiger partial charge in [-0.2, -0.15) is 13.2 Å². The first-order valence-corrected chi connectivity index (χ1v) is 5.95. The van der Waals surface area contributed by atoms with Crippen LogP contribution < -0.4 is 0 Å². The molecule has 15 heavy (non-hydrogen) atoms. The molecule has 0 radical (unpaired) electrons. The maximum absolute atomic E-state index is 11.9. The van der Waals surface area contributed by atoms with Crippen molar-refractivity contribution >= 4 is 21.8 Å². The quantitative estimate of drug-likeness (QED) is 0.731. The van der Waals surface area contributed by atoms with Crippen molar-refractivity contribution in [3.8, 4) is 0 Å². The second kappa shape index (κ2) is 5.18. The predicted molar refractivity (Wildman–Crippen MR) is 53.8 cm³/mol. The average molecular weight is 288 g/mol. The van der Waals surface area contributed by atoms with Crippen molar-refractivity contribution in [2.24, 2.45) is 5.92 Å². The zero-order chi connectivity index (χ0) is 11.5. The van der Waals surface area contributed by atoms with Crippen LogP contribution in [0.3, 0.4) is 0 Å². The maximum atomic E-state index is 11.9. The number of rotatable bonds is 3. The van der Waals surface area contributed by atoms with Gasteiger partial charge in [-0.1, -0.05) is 15.9 Å². The largest absolute Gasteiger partial charge is 0.389 e. The Hall–Kier alpha value is -0.260. The fourth-order valence-electron chi connectivity index (χ4n) is 1.59. The number of carbonyl (C=O) groups is 1. The van der Waals surface area contributed by atoms with E-state index in [4.69, 9.17) is 0 Å². The van der Waals surface area contributed by atoms with Gasteiger partial charge in [0, 0.05) is 24.8 Å². The lowest BCUT2D eigenvalue weighted by Crippen LogP contribution is -2.29. The van der Waals surface area contributed by atoms with Gasteiger partial charge in [-0.15, -0.1) is 0 Å². The van der Waals surface area contributed by atoms with Gasteiger partial charge in [-0.05, 0) is 12.3 Å². The SMILES string of the molecule is O=C(CCC(F)(F)F)N1CCC(CBr)C1. The monoisotopic (exact) mass is 287 g/mol. The molecule has 1 atom stereocenters. The molecular formula is C9H13BrF3NO. The highest BCUT2D eigenvalue weighted by molar-refractivity contribution is 9.09. The van der Waals surface area contributed by atoms with Crippen molar-refractivity contribution in [1.82, 2.24) is 4.90 Å². The number of nitrogens with zero attached hydrogens (tertiary/aromatic N) is 1. The van der Waals surface area contributed by atoms with Crippen molar-refractivity contribution in [3.05, 3.63) is 0 Å². The Bertz CT molecular complexity index is 232.